The normalized spacial score (nSPS) is 17.4. The van der Waals surface area contributed by atoms with Gasteiger partial charge in [0, 0.05) is 34.1 Å². The van der Waals surface area contributed by atoms with Gasteiger partial charge in [0.2, 0.25) is 0 Å². The van der Waals surface area contributed by atoms with Crippen molar-refractivity contribution in [3.8, 4) is 0 Å². The minimum atomic E-state index is -4.28. The zero-order valence-electron chi connectivity index (χ0n) is 18.4. The monoisotopic (exact) mass is 492 g/mol. The highest BCUT2D eigenvalue weighted by atomic mass is 32.2. The van der Waals surface area contributed by atoms with Gasteiger partial charge in [-0.15, -0.1) is 0 Å². The van der Waals surface area contributed by atoms with Crippen molar-refractivity contribution in [1.29, 1.82) is 0 Å². The Kier molecular flexibility index (Phi) is 5.83. The van der Waals surface area contributed by atoms with Gasteiger partial charge in [0.05, 0.1) is 13.1 Å². The molecule has 6 nitrogen and oxygen atoms in total. The lowest BCUT2D eigenvalue weighted by atomic mass is 9.90. The van der Waals surface area contributed by atoms with Crippen LogP contribution in [0.4, 0.5) is 40.6 Å². The van der Waals surface area contributed by atoms with Crippen LogP contribution in [-0.2, 0) is 0 Å². The molecule has 3 aromatic rings. The number of aryl methyl sites for hydroxylation is 1. The fraction of sp³-hybridized carbons (Fsp3) is 0.391. The van der Waals surface area contributed by atoms with Crippen LogP contribution in [0, 0.1) is 12.8 Å². The number of anilines is 4. The molecule has 1 aliphatic carbocycles. The maximum absolute atomic E-state index is 14.9. The molecular formula is C23H24F4N6S. The van der Waals surface area contributed by atoms with Crippen LogP contribution < -0.4 is 15.5 Å². The summed E-state index contributed by atoms with van der Waals surface area (Å²) in [5, 5.41) is 13.3. The van der Waals surface area contributed by atoms with Gasteiger partial charge in [0.25, 0.3) is 0 Å². The van der Waals surface area contributed by atoms with E-state index in [-0.39, 0.29) is 5.92 Å². The Morgan fingerprint density at radius 3 is 2.47 bits per heavy atom. The fourth-order valence-corrected chi connectivity index (χ4v) is 4.83. The first-order valence-electron chi connectivity index (χ1n) is 11.0. The number of hydrogen-bond donors (Lipinski definition) is 3. The summed E-state index contributed by atoms with van der Waals surface area (Å²) in [6.45, 7) is 1.55. The molecule has 2 aromatic heterocycles. The van der Waals surface area contributed by atoms with Crippen LogP contribution in [0.2, 0.25) is 0 Å². The SMILES string of the molecule is Cc1cc(Nc2cc(N3CC(F)(C4CC4)C3)cc(Sc3ccc(NCC(F)(F)F)cc3)n2)n[nH]1. The molecule has 3 N–H and O–H groups in total. The fourth-order valence-electron chi connectivity index (χ4n) is 4.00. The number of benzene rings is 1. The Morgan fingerprint density at radius 1 is 1.12 bits per heavy atom. The van der Waals surface area contributed by atoms with Crippen LogP contribution in [0.3, 0.4) is 0 Å². The third kappa shape index (κ3) is 5.40. The second-order valence-corrected chi connectivity index (χ2v) is 9.96. The standard InChI is InChI=1S/C23H24F4N6S/c1-14-8-20(32-31-14)29-19-9-17(33-12-22(24,13-33)15-2-3-15)10-21(30-19)34-18-6-4-16(5-7-18)28-11-23(25,26)27/h4-10,15,28H,2-3,11-13H2,1H3,(H2,29,30,31,32). The highest BCUT2D eigenvalue weighted by Crippen LogP contribution is 2.48. The van der Waals surface area contributed by atoms with Crippen molar-refractivity contribution >= 4 is 34.8 Å². The van der Waals surface area contributed by atoms with Crippen LogP contribution in [-0.4, -0.2) is 46.7 Å². The number of nitrogens with one attached hydrogen (secondary N) is 3. The van der Waals surface area contributed by atoms with E-state index in [2.05, 4.69) is 25.8 Å². The molecule has 0 unspecified atom stereocenters. The summed E-state index contributed by atoms with van der Waals surface area (Å²) < 4.78 is 52.2. The average Bonchev–Trinajstić information content (AvgIpc) is 3.53. The van der Waals surface area contributed by atoms with E-state index >= 15 is 0 Å². The summed E-state index contributed by atoms with van der Waals surface area (Å²) >= 11 is 1.38. The van der Waals surface area contributed by atoms with E-state index in [0.29, 0.717) is 35.4 Å². The van der Waals surface area contributed by atoms with Gasteiger partial charge >= 0.3 is 6.18 Å². The maximum Gasteiger partial charge on any atom is 0.405 e. The highest BCUT2D eigenvalue weighted by molar-refractivity contribution is 7.99. The molecule has 180 valence electrons. The van der Waals surface area contributed by atoms with E-state index in [0.717, 1.165) is 29.1 Å². The van der Waals surface area contributed by atoms with Gasteiger partial charge in [-0.25, -0.2) is 9.37 Å². The van der Waals surface area contributed by atoms with Gasteiger partial charge in [-0.1, -0.05) is 11.8 Å². The summed E-state index contributed by atoms with van der Waals surface area (Å²) in [4.78, 5) is 7.50. The maximum atomic E-state index is 14.9. The molecule has 5 rings (SSSR count). The topological polar surface area (TPSA) is 68.9 Å². The first-order chi connectivity index (χ1) is 16.1. The minimum absolute atomic E-state index is 0.175. The van der Waals surface area contributed by atoms with Crippen LogP contribution in [0.15, 0.2) is 52.4 Å². The lowest BCUT2D eigenvalue weighted by Crippen LogP contribution is -2.60. The van der Waals surface area contributed by atoms with Crippen molar-refractivity contribution in [1.82, 2.24) is 15.2 Å². The van der Waals surface area contributed by atoms with Gasteiger partial charge in [-0.2, -0.15) is 18.3 Å². The van der Waals surface area contributed by atoms with Crippen LogP contribution in [0.1, 0.15) is 18.5 Å². The Balaban J connectivity index is 1.33. The zero-order chi connectivity index (χ0) is 23.9. The summed E-state index contributed by atoms with van der Waals surface area (Å²) in [5.74, 6) is 1.38. The van der Waals surface area contributed by atoms with Crippen molar-refractivity contribution in [3.05, 3.63) is 48.2 Å². The number of alkyl halides is 4. The third-order valence-corrected chi connectivity index (χ3v) is 6.83. The Hall–Kier alpha value is -2.95. The van der Waals surface area contributed by atoms with Gasteiger partial charge in [-0.3, -0.25) is 5.10 Å². The molecule has 0 amide bonds. The van der Waals surface area contributed by atoms with Crippen LogP contribution >= 0.6 is 11.8 Å². The second-order valence-electron chi connectivity index (χ2n) is 8.87. The largest absolute Gasteiger partial charge is 0.405 e. The quantitative estimate of drug-likeness (QED) is 0.339. The van der Waals surface area contributed by atoms with Crippen LogP contribution in [0.25, 0.3) is 0 Å². The van der Waals surface area contributed by atoms with Crippen molar-refractivity contribution in [2.45, 2.75) is 41.5 Å². The molecule has 2 fully saturated rings. The first kappa shape index (κ1) is 22.8. The number of H-pyrrole nitrogens is 1. The van der Waals surface area contributed by atoms with E-state index in [9.17, 15) is 17.6 Å². The zero-order valence-corrected chi connectivity index (χ0v) is 19.2. The molecular weight excluding hydrogens is 468 g/mol. The first-order valence-corrected chi connectivity index (χ1v) is 11.8. The van der Waals surface area contributed by atoms with Gasteiger partial charge in [0.1, 0.15) is 23.1 Å². The van der Waals surface area contributed by atoms with Crippen LogP contribution in [0.5, 0.6) is 0 Å². The molecule has 34 heavy (non-hydrogen) atoms. The van der Waals surface area contributed by atoms with Gasteiger partial charge in [-0.05, 0) is 56.0 Å². The van der Waals surface area contributed by atoms with Crippen molar-refractivity contribution in [2.75, 3.05) is 35.2 Å². The molecule has 3 heterocycles. The average molecular weight is 493 g/mol. The Bertz CT molecular complexity index is 1150. The lowest BCUT2D eigenvalue weighted by molar-refractivity contribution is -0.115. The molecule has 0 radical (unpaired) electrons. The van der Waals surface area contributed by atoms with E-state index in [1.165, 1.54) is 11.8 Å². The van der Waals surface area contributed by atoms with Crippen molar-refractivity contribution < 1.29 is 17.6 Å². The minimum Gasteiger partial charge on any atom is -0.376 e. The summed E-state index contributed by atoms with van der Waals surface area (Å²) in [6.07, 6.45) is -2.36. The van der Waals surface area contributed by atoms with E-state index in [1.807, 2.05) is 30.0 Å². The second kappa shape index (κ2) is 8.68. The molecule has 1 saturated heterocycles. The molecule has 1 aromatic carbocycles. The highest BCUT2D eigenvalue weighted by Gasteiger charge is 2.54. The number of hydrogen-bond acceptors (Lipinski definition) is 6. The molecule has 0 atom stereocenters. The Morgan fingerprint density at radius 2 is 1.85 bits per heavy atom. The lowest BCUT2D eigenvalue weighted by Gasteiger charge is -2.46. The van der Waals surface area contributed by atoms with Gasteiger partial charge in [0.15, 0.2) is 5.82 Å². The summed E-state index contributed by atoms with van der Waals surface area (Å²) in [7, 11) is 0. The number of pyridine rings is 1. The smallest absolute Gasteiger partial charge is 0.376 e. The van der Waals surface area contributed by atoms with E-state index in [4.69, 9.17) is 0 Å². The Labute approximate surface area is 198 Å². The predicted molar refractivity (Wildman–Crippen MR) is 125 cm³/mol. The third-order valence-electron chi connectivity index (χ3n) is 5.90. The number of rotatable bonds is 8. The molecule has 0 bridgehead atoms. The number of nitrogens with zero attached hydrogens (tertiary/aromatic N) is 3. The molecule has 1 aliphatic heterocycles. The van der Waals surface area contributed by atoms with E-state index < -0.39 is 18.4 Å². The van der Waals surface area contributed by atoms with Gasteiger partial charge < -0.3 is 15.5 Å². The molecule has 11 heteroatoms. The predicted octanol–water partition coefficient (Wildman–Crippen LogP) is 5.92. The van der Waals surface area contributed by atoms with Crippen molar-refractivity contribution in [2.24, 2.45) is 5.92 Å². The summed E-state index contributed by atoms with van der Waals surface area (Å²) in [6, 6.07) is 12.3. The molecule has 2 aliphatic rings. The summed E-state index contributed by atoms with van der Waals surface area (Å²) in [5.41, 5.74) is 1.05. The van der Waals surface area contributed by atoms with E-state index in [1.54, 1.807) is 24.3 Å². The molecule has 1 saturated carbocycles. The number of aromatic nitrogens is 3. The molecule has 0 spiro atoms. The van der Waals surface area contributed by atoms with Crippen molar-refractivity contribution in [3.63, 3.8) is 0 Å². The number of halogens is 4. The number of aromatic amines is 1.